The van der Waals surface area contributed by atoms with E-state index in [1.165, 1.54) is 56.1 Å². The van der Waals surface area contributed by atoms with Crippen LogP contribution in [0.25, 0.3) is 0 Å². The van der Waals surface area contributed by atoms with Gasteiger partial charge in [0.15, 0.2) is 9.84 Å². The van der Waals surface area contributed by atoms with Crippen LogP contribution in [0.4, 0.5) is 0 Å². The van der Waals surface area contributed by atoms with Gasteiger partial charge in [-0.15, -0.1) is 0 Å². The number of rotatable bonds is 8. The summed E-state index contributed by atoms with van der Waals surface area (Å²) in [6, 6.07) is 0. The topological polar surface area (TPSA) is 34.1 Å². The van der Waals surface area contributed by atoms with Crippen molar-refractivity contribution in [1.29, 1.82) is 0 Å². The maximum Gasteiger partial charge on any atom is 0.159 e. The van der Waals surface area contributed by atoms with E-state index in [1.807, 2.05) is 0 Å². The molecule has 0 bridgehead atoms. The molecule has 0 heterocycles. The van der Waals surface area contributed by atoms with Gasteiger partial charge in [0.1, 0.15) is 0 Å². The largest absolute Gasteiger partial charge is 0.228 e. The van der Waals surface area contributed by atoms with E-state index in [1.54, 1.807) is 5.57 Å². The van der Waals surface area contributed by atoms with Crippen LogP contribution in [-0.4, -0.2) is 18.9 Å². The quantitative estimate of drug-likeness (QED) is 0.324. The van der Waals surface area contributed by atoms with Crippen LogP contribution in [-0.2, 0) is 9.84 Å². The van der Waals surface area contributed by atoms with Gasteiger partial charge in [-0.3, -0.25) is 0 Å². The second kappa shape index (κ2) is 10.1. The Hall–Kier alpha value is -1.09. The number of fused-ring (bicyclic) bond motifs is 1. The first kappa shape index (κ1) is 26.0. The molecule has 4 rings (SSSR count). The highest BCUT2D eigenvalue weighted by molar-refractivity contribution is 7.93. The summed E-state index contributed by atoms with van der Waals surface area (Å²) in [5.41, 5.74) is 4.82. The molecule has 2 nitrogen and oxygen atoms in total. The van der Waals surface area contributed by atoms with Gasteiger partial charge in [0, 0.05) is 0 Å². The molecule has 0 amide bonds. The number of hydrogen-bond acceptors (Lipinski definition) is 2. The van der Waals surface area contributed by atoms with E-state index in [-0.39, 0.29) is 0 Å². The number of sulfone groups is 1. The van der Waals surface area contributed by atoms with Crippen LogP contribution in [0.3, 0.4) is 0 Å². The maximum absolute atomic E-state index is 12.9. The fourth-order valence-electron chi connectivity index (χ4n) is 7.44. The molecule has 4 saturated carbocycles. The molecule has 0 aromatic carbocycles. The first-order valence-corrected chi connectivity index (χ1v) is 15.8. The van der Waals surface area contributed by atoms with E-state index in [4.69, 9.17) is 0 Å². The molecule has 34 heavy (non-hydrogen) atoms. The molecule has 0 aliphatic heterocycles. The lowest BCUT2D eigenvalue weighted by Crippen LogP contribution is -2.35. The van der Waals surface area contributed by atoms with Crippen molar-refractivity contribution in [1.82, 2.24) is 0 Å². The second-order valence-corrected chi connectivity index (χ2v) is 14.9. The molecule has 4 aliphatic rings. The van der Waals surface area contributed by atoms with Gasteiger partial charge in [0.25, 0.3) is 0 Å². The van der Waals surface area contributed by atoms with Crippen molar-refractivity contribution < 1.29 is 8.42 Å². The molecule has 0 saturated heterocycles. The van der Waals surface area contributed by atoms with Crippen molar-refractivity contribution in [3.8, 4) is 0 Å². The smallest absolute Gasteiger partial charge is 0.159 e. The third kappa shape index (κ3) is 5.06. The fraction of sp³-hybridized carbons (Fsp3) is 0.742. The van der Waals surface area contributed by atoms with E-state index in [0.717, 1.165) is 38.0 Å². The summed E-state index contributed by atoms with van der Waals surface area (Å²) < 4.78 is 25.3. The van der Waals surface area contributed by atoms with Crippen LogP contribution < -0.4 is 0 Å². The first-order valence-electron chi connectivity index (χ1n) is 14.1. The molecule has 0 aromatic rings. The van der Waals surface area contributed by atoms with Crippen molar-refractivity contribution in [3.05, 3.63) is 47.6 Å². The van der Waals surface area contributed by atoms with E-state index in [2.05, 4.69) is 58.6 Å². The predicted octanol–water partition coefficient (Wildman–Crippen LogP) is 8.37. The van der Waals surface area contributed by atoms with E-state index in [0.29, 0.717) is 28.9 Å². The molecular formula is C31H48O2S. The van der Waals surface area contributed by atoms with Crippen molar-refractivity contribution >= 4 is 9.84 Å². The van der Waals surface area contributed by atoms with Crippen LogP contribution in [0.5, 0.6) is 0 Å². The van der Waals surface area contributed by atoms with Gasteiger partial charge in [-0.25, -0.2) is 8.42 Å². The van der Waals surface area contributed by atoms with Crippen molar-refractivity contribution in [2.75, 3.05) is 5.75 Å². The summed E-state index contributed by atoms with van der Waals surface area (Å²) in [6.45, 7) is 13.7. The van der Waals surface area contributed by atoms with Crippen LogP contribution in [0, 0.1) is 29.1 Å². The maximum atomic E-state index is 12.9. The lowest BCUT2D eigenvalue weighted by Gasteiger charge is -2.44. The minimum Gasteiger partial charge on any atom is -0.228 e. The molecule has 3 heteroatoms. The zero-order valence-electron chi connectivity index (χ0n) is 22.2. The monoisotopic (exact) mass is 484 g/mol. The fourth-order valence-corrected chi connectivity index (χ4v) is 9.53. The summed E-state index contributed by atoms with van der Waals surface area (Å²) in [7, 11) is -3.01. The second-order valence-electron chi connectivity index (χ2n) is 12.4. The molecule has 3 unspecified atom stereocenters. The Morgan fingerprint density at radius 2 is 1.88 bits per heavy atom. The SMILES string of the molecule is C=C1CCC(C)C/C1=C/C=C1\CCC[C@]2(C)C(C(C)/C=C/C3(S(=O)(=O)CCCC)CC3)CC[C@@H]12. The lowest BCUT2D eigenvalue weighted by atomic mass is 9.61. The third-order valence-corrected chi connectivity index (χ3v) is 12.6. The predicted molar refractivity (Wildman–Crippen MR) is 145 cm³/mol. The summed E-state index contributed by atoms with van der Waals surface area (Å²) in [5.74, 6) is 2.88. The van der Waals surface area contributed by atoms with E-state index < -0.39 is 14.6 Å². The van der Waals surface area contributed by atoms with Gasteiger partial charge in [0.05, 0.1) is 10.5 Å². The normalized spacial score (nSPS) is 36.8. The zero-order chi connectivity index (χ0) is 24.6. The Balaban J connectivity index is 1.47. The zero-order valence-corrected chi connectivity index (χ0v) is 23.1. The van der Waals surface area contributed by atoms with Crippen LogP contribution in [0.2, 0.25) is 0 Å². The first-order chi connectivity index (χ1) is 16.1. The van der Waals surface area contributed by atoms with Crippen molar-refractivity contribution in [2.45, 2.75) is 109 Å². The molecule has 0 aromatic heterocycles. The van der Waals surface area contributed by atoms with Crippen molar-refractivity contribution in [3.63, 3.8) is 0 Å². The molecule has 190 valence electrons. The standard InChI is InChI=1S/C31H48O2S/c1-6-7-21-34(32,33)31(19-20-31)18-16-25(4)28-14-15-29-26(9-8-17-30(28,29)5)12-13-27-22-23(2)10-11-24(27)3/h12-13,16,18,23,25,28-29H,3,6-11,14-15,17,19-22H2,1-2,4-5H3/b18-16+,26-12+,27-13-/t23?,25?,28?,29-,30+/m0/s1. The highest BCUT2D eigenvalue weighted by atomic mass is 32.2. The van der Waals surface area contributed by atoms with Crippen LogP contribution in [0.1, 0.15) is 105 Å². The summed E-state index contributed by atoms with van der Waals surface area (Å²) in [6.07, 6.45) is 22.6. The molecule has 0 spiro atoms. The Morgan fingerprint density at radius 1 is 1.12 bits per heavy atom. The Kier molecular flexibility index (Phi) is 7.73. The summed E-state index contributed by atoms with van der Waals surface area (Å²) in [4.78, 5) is 0. The third-order valence-electron chi connectivity index (χ3n) is 9.96. The van der Waals surface area contributed by atoms with Gasteiger partial charge in [-0.05, 0) is 105 Å². The number of allylic oxidation sites excluding steroid dienone is 6. The molecule has 5 atom stereocenters. The number of unbranched alkanes of at least 4 members (excludes halogenated alkanes) is 1. The highest BCUT2D eigenvalue weighted by Gasteiger charge is 2.53. The molecule has 0 radical (unpaired) electrons. The van der Waals surface area contributed by atoms with Gasteiger partial charge in [-0.2, -0.15) is 0 Å². The van der Waals surface area contributed by atoms with Gasteiger partial charge < -0.3 is 0 Å². The average Bonchev–Trinajstić information content (AvgIpc) is 3.52. The molecule has 4 aliphatic carbocycles. The average molecular weight is 485 g/mol. The Bertz CT molecular complexity index is 961. The van der Waals surface area contributed by atoms with E-state index >= 15 is 0 Å². The van der Waals surface area contributed by atoms with Crippen LogP contribution >= 0.6 is 0 Å². The molecule has 4 fully saturated rings. The van der Waals surface area contributed by atoms with Gasteiger partial charge >= 0.3 is 0 Å². The summed E-state index contributed by atoms with van der Waals surface area (Å²) in [5, 5.41) is 0. The van der Waals surface area contributed by atoms with Crippen molar-refractivity contribution in [2.24, 2.45) is 29.1 Å². The lowest BCUT2D eigenvalue weighted by molar-refractivity contribution is 0.112. The Morgan fingerprint density at radius 3 is 2.59 bits per heavy atom. The minimum absolute atomic E-state index is 0.334. The molecular weight excluding hydrogens is 436 g/mol. The van der Waals surface area contributed by atoms with Gasteiger partial charge in [-0.1, -0.05) is 76.1 Å². The molecule has 0 N–H and O–H groups in total. The van der Waals surface area contributed by atoms with Crippen LogP contribution in [0.15, 0.2) is 47.6 Å². The Labute approximate surface area is 210 Å². The minimum atomic E-state index is -3.01. The van der Waals surface area contributed by atoms with E-state index in [9.17, 15) is 8.42 Å². The number of hydrogen-bond donors (Lipinski definition) is 0. The van der Waals surface area contributed by atoms with Gasteiger partial charge in [0.2, 0.25) is 0 Å². The summed E-state index contributed by atoms with van der Waals surface area (Å²) >= 11 is 0. The highest BCUT2D eigenvalue weighted by Crippen LogP contribution is 2.60.